The topological polar surface area (TPSA) is 66.9 Å². The summed E-state index contributed by atoms with van der Waals surface area (Å²) in [7, 11) is 0. The Hall–Kier alpha value is -3.21. The van der Waals surface area contributed by atoms with Gasteiger partial charge in [-0.2, -0.15) is 0 Å². The lowest BCUT2D eigenvalue weighted by molar-refractivity contribution is 0.102. The number of hydrogen-bond donors (Lipinski definition) is 2. The Morgan fingerprint density at radius 1 is 0.840 bits per heavy atom. The average Bonchev–Trinajstić information content (AvgIpc) is 2.56. The maximum Gasteiger partial charge on any atom is 0.274 e. The Kier molecular flexibility index (Phi) is 4.75. The Balaban J connectivity index is 1.76. The van der Waals surface area contributed by atoms with Crippen LogP contribution in [0.25, 0.3) is 0 Å². The van der Waals surface area contributed by atoms with Crippen molar-refractivity contribution in [3.05, 3.63) is 77.1 Å². The van der Waals surface area contributed by atoms with Gasteiger partial charge in [0.1, 0.15) is 5.69 Å². The summed E-state index contributed by atoms with van der Waals surface area (Å²) in [6, 6.07) is 15.4. The van der Waals surface area contributed by atoms with E-state index in [9.17, 15) is 4.79 Å². The Morgan fingerprint density at radius 3 is 2.20 bits per heavy atom. The molecular formula is C20H20N4O. The quantitative estimate of drug-likeness (QED) is 0.743. The summed E-state index contributed by atoms with van der Waals surface area (Å²) in [6.45, 7) is 6.02. The smallest absolute Gasteiger partial charge is 0.274 e. The second kappa shape index (κ2) is 7.13. The Bertz CT molecular complexity index is 884. The summed E-state index contributed by atoms with van der Waals surface area (Å²) < 4.78 is 0. The molecule has 5 heteroatoms. The number of amides is 1. The fourth-order valence-electron chi connectivity index (χ4n) is 2.55. The van der Waals surface area contributed by atoms with Crippen LogP contribution in [0, 0.1) is 20.8 Å². The molecule has 0 fully saturated rings. The number of hydrogen-bond acceptors (Lipinski definition) is 4. The first-order valence-corrected chi connectivity index (χ1v) is 8.06. The van der Waals surface area contributed by atoms with Gasteiger partial charge in [0, 0.05) is 17.6 Å². The van der Waals surface area contributed by atoms with Gasteiger partial charge in [-0.3, -0.25) is 4.79 Å². The summed E-state index contributed by atoms with van der Waals surface area (Å²) in [4.78, 5) is 20.9. The van der Waals surface area contributed by atoms with E-state index in [2.05, 4.69) is 26.7 Å². The minimum atomic E-state index is -0.264. The molecular weight excluding hydrogens is 312 g/mol. The van der Waals surface area contributed by atoms with Gasteiger partial charge in [0.05, 0.1) is 0 Å². The molecule has 0 unspecified atom stereocenters. The third-order valence-corrected chi connectivity index (χ3v) is 3.68. The first kappa shape index (κ1) is 16.6. The molecule has 0 aliphatic heterocycles. The number of aromatic nitrogens is 2. The standard InChI is InChI=1S/C20H20N4O/c1-13-4-6-16(7-5-13)23-20-21-9-8-18(24-20)19(25)22-17-11-14(2)10-15(3)12-17/h4-12H,1-3H3,(H,22,25)(H,21,23,24). The van der Waals surface area contributed by atoms with E-state index in [0.29, 0.717) is 11.6 Å². The first-order chi connectivity index (χ1) is 12.0. The van der Waals surface area contributed by atoms with Crippen LogP contribution in [0.15, 0.2) is 54.7 Å². The monoisotopic (exact) mass is 332 g/mol. The van der Waals surface area contributed by atoms with Gasteiger partial charge in [-0.1, -0.05) is 23.8 Å². The second-order valence-corrected chi connectivity index (χ2v) is 6.09. The zero-order valence-electron chi connectivity index (χ0n) is 14.5. The van der Waals surface area contributed by atoms with Crippen molar-refractivity contribution in [2.75, 3.05) is 10.6 Å². The van der Waals surface area contributed by atoms with Crippen LogP contribution < -0.4 is 10.6 Å². The van der Waals surface area contributed by atoms with E-state index in [1.54, 1.807) is 12.3 Å². The van der Waals surface area contributed by atoms with Crippen molar-refractivity contribution in [3.8, 4) is 0 Å². The molecule has 2 aromatic carbocycles. The number of rotatable bonds is 4. The molecule has 0 atom stereocenters. The molecule has 3 aromatic rings. The molecule has 0 saturated carbocycles. The highest BCUT2D eigenvalue weighted by Crippen LogP contribution is 2.16. The van der Waals surface area contributed by atoms with Crippen molar-refractivity contribution in [2.45, 2.75) is 20.8 Å². The first-order valence-electron chi connectivity index (χ1n) is 8.06. The largest absolute Gasteiger partial charge is 0.324 e. The van der Waals surface area contributed by atoms with Crippen molar-refractivity contribution < 1.29 is 4.79 Å². The lowest BCUT2D eigenvalue weighted by Gasteiger charge is -2.09. The van der Waals surface area contributed by atoms with Gasteiger partial charge < -0.3 is 10.6 Å². The number of benzene rings is 2. The minimum Gasteiger partial charge on any atom is -0.324 e. The molecule has 0 bridgehead atoms. The summed E-state index contributed by atoms with van der Waals surface area (Å²) in [6.07, 6.45) is 1.57. The predicted octanol–water partition coefficient (Wildman–Crippen LogP) is 4.40. The molecule has 2 N–H and O–H groups in total. The van der Waals surface area contributed by atoms with Crippen LogP contribution in [0.4, 0.5) is 17.3 Å². The van der Waals surface area contributed by atoms with Crippen LogP contribution in [0.3, 0.4) is 0 Å². The molecule has 1 amide bonds. The third-order valence-electron chi connectivity index (χ3n) is 3.68. The van der Waals surface area contributed by atoms with Gasteiger partial charge >= 0.3 is 0 Å². The molecule has 5 nitrogen and oxygen atoms in total. The van der Waals surface area contributed by atoms with Gasteiger partial charge in [-0.15, -0.1) is 0 Å². The lowest BCUT2D eigenvalue weighted by atomic mass is 10.1. The number of nitrogens with zero attached hydrogens (tertiary/aromatic N) is 2. The van der Waals surface area contributed by atoms with Crippen LogP contribution in [-0.2, 0) is 0 Å². The number of carbonyl (C=O) groups excluding carboxylic acids is 1. The zero-order valence-corrected chi connectivity index (χ0v) is 14.5. The number of nitrogens with one attached hydrogen (secondary N) is 2. The van der Waals surface area contributed by atoms with Crippen molar-refractivity contribution in [2.24, 2.45) is 0 Å². The molecule has 1 heterocycles. The number of aryl methyl sites for hydroxylation is 3. The van der Waals surface area contributed by atoms with E-state index >= 15 is 0 Å². The molecule has 0 aliphatic rings. The fourth-order valence-corrected chi connectivity index (χ4v) is 2.55. The van der Waals surface area contributed by atoms with Gasteiger partial charge in [-0.05, 0) is 62.2 Å². The summed E-state index contributed by atoms with van der Waals surface area (Å²) in [5, 5.41) is 5.99. The predicted molar refractivity (Wildman–Crippen MR) is 100 cm³/mol. The van der Waals surface area contributed by atoms with Crippen molar-refractivity contribution in [1.29, 1.82) is 0 Å². The van der Waals surface area contributed by atoms with Crippen molar-refractivity contribution >= 4 is 23.2 Å². The van der Waals surface area contributed by atoms with Crippen LogP contribution in [-0.4, -0.2) is 15.9 Å². The molecule has 0 aliphatic carbocycles. The molecule has 3 rings (SSSR count). The normalized spacial score (nSPS) is 10.4. The van der Waals surface area contributed by atoms with Gasteiger partial charge in [0.2, 0.25) is 5.95 Å². The van der Waals surface area contributed by atoms with E-state index in [4.69, 9.17) is 0 Å². The number of carbonyl (C=O) groups is 1. The van der Waals surface area contributed by atoms with E-state index < -0.39 is 0 Å². The van der Waals surface area contributed by atoms with Crippen LogP contribution in [0.2, 0.25) is 0 Å². The molecule has 0 radical (unpaired) electrons. The summed E-state index contributed by atoms with van der Waals surface area (Å²) >= 11 is 0. The average molecular weight is 332 g/mol. The van der Waals surface area contributed by atoms with E-state index in [0.717, 1.165) is 22.5 Å². The summed E-state index contributed by atoms with van der Waals surface area (Å²) in [5.74, 6) is 0.122. The van der Waals surface area contributed by atoms with Gasteiger partial charge in [-0.25, -0.2) is 9.97 Å². The van der Waals surface area contributed by atoms with Crippen molar-refractivity contribution in [3.63, 3.8) is 0 Å². The Labute approximate surface area is 147 Å². The molecule has 0 spiro atoms. The van der Waals surface area contributed by atoms with E-state index in [-0.39, 0.29) is 5.91 Å². The third kappa shape index (κ3) is 4.41. The Morgan fingerprint density at radius 2 is 1.52 bits per heavy atom. The van der Waals surface area contributed by atoms with Gasteiger partial charge in [0.15, 0.2) is 0 Å². The molecule has 126 valence electrons. The fraction of sp³-hybridized carbons (Fsp3) is 0.150. The van der Waals surface area contributed by atoms with Crippen LogP contribution >= 0.6 is 0 Å². The minimum absolute atomic E-state index is 0.264. The zero-order chi connectivity index (χ0) is 17.8. The molecule has 1 aromatic heterocycles. The van der Waals surface area contributed by atoms with Crippen LogP contribution in [0.5, 0.6) is 0 Å². The van der Waals surface area contributed by atoms with E-state index in [1.807, 2.05) is 57.2 Å². The van der Waals surface area contributed by atoms with Crippen molar-refractivity contribution in [1.82, 2.24) is 9.97 Å². The highest BCUT2D eigenvalue weighted by Gasteiger charge is 2.10. The lowest BCUT2D eigenvalue weighted by Crippen LogP contribution is -2.15. The van der Waals surface area contributed by atoms with Crippen LogP contribution in [0.1, 0.15) is 27.2 Å². The highest BCUT2D eigenvalue weighted by molar-refractivity contribution is 6.03. The molecule has 0 saturated heterocycles. The van der Waals surface area contributed by atoms with E-state index in [1.165, 1.54) is 5.56 Å². The molecule has 25 heavy (non-hydrogen) atoms. The second-order valence-electron chi connectivity index (χ2n) is 6.09. The maximum atomic E-state index is 12.5. The maximum absolute atomic E-state index is 12.5. The summed E-state index contributed by atoms with van der Waals surface area (Å²) in [5.41, 5.74) is 5.31. The number of anilines is 3. The SMILES string of the molecule is Cc1ccc(Nc2nccc(C(=O)Nc3cc(C)cc(C)c3)n2)cc1. The highest BCUT2D eigenvalue weighted by atomic mass is 16.1. The van der Waals surface area contributed by atoms with Gasteiger partial charge in [0.25, 0.3) is 5.91 Å².